The lowest BCUT2D eigenvalue weighted by Crippen LogP contribution is -2.13. The molecule has 0 bridgehead atoms. The first-order valence-corrected chi connectivity index (χ1v) is 5.59. The fourth-order valence-corrected chi connectivity index (χ4v) is 2.07. The van der Waals surface area contributed by atoms with E-state index in [9.17, 15) is 4.79 Å². The second-order valence-electron chi connectivity index (χ2n) is 3.57. The van der Waals surface area contributed by atoms with Crippen molar-refractivity contribution in [3.05, 3.63) is 38.1 Å². The number of hydrogen-bond acceptors (Lipinski definition) is 3. The number of hydrogen-bond donors (Lipinski definition) is 1. The monoisotopic (exact) mass is 220 g/mol. The number of aromatic nitrogens is 2. The first-order valence-electron chi connectivity index (χ1n) is 4.71. The topological polar surface area (TPSA) is 45.8 Å². The van der Waals surface area contributed by atoms with Crippen LogP contribution in [0.3, 0.4) is 0 Å². The van der Waals surface area contributed by atoms with Crippen molar-refractivity contribution in [3.63, 3.8) is 0 Å². The summed E-state index contributed by atoms with van der Waals surface area (Å²) in [4.78, 5) is 20.0. The van der Waals surface area contributed by atoms with Crippen molar-refractivity contribution in [3.8, 4) is 11.3 Å². The van der Waals surface area contributed by atoms with Gasteiger partial charge in [0.15, 0.2) is 0 Å². The van der Waals surface area contributed by atoms with Gasteiger partial charge in [-0.3, -0.25) is 4.79 Å². The molecule has 0 aromatic carbocycles. The maximum Gasteiger partial charge on any atom is 0.274 e. The van der Waals surface area contributed by atoms with Crippen LogP contribution in [0.5, 0.6) is 0 Å². The first-order chi connectivity index (χ1) is 7.08. The van der Waals surface area contributed by atoms with E-state index in [1.54, 1.807) is 11.3 Å². The Kier molecular flexibility index (Phi) is 2.44. The maximum absolute atomic E-state index is 11.7. The van der Waals surface area contributed by atoms with E-state index in [1.807, 2.05) is 32.2 Å². The third kappa shape index (κ3) is 1.85. The number of nitrogens with zero attached hydrogens (tertiary/aromatic N) is 1. The van der Waals surface area contributed by atoms with Crippen molar-refractivity contribution in [2.45, 2.75) is 20.8 Å². The zero-order chi connectivity index (χ0) is 11.0. The third-order valence-electron chi connectivity index (χ3n) is 2.34. The average Bonchev–Trinajstić information content (AvgIpc) is 2.58. The minimum atomic E-state index is -0.115. The van der Waals surface area contributed by atoms with Crippen LogP contribution >= 0.6 is 11.3 Å². The number of nitrogens with one attached hydrogen (secondary N) is 1. The van der Waals surface area contributed by atoms with E-state index >= 15 is 0 Å². The van der Waals surface area contributed by atoms with Gasteiger partial charge in [-0.2, -0.15) is 0 Å². The van der Waals surface area contributed by atoms with Gasteiger partial charge in [0.1, 0.15) is 5.69 Å². The Morgan fingerprint density at radius 2 is 2.07 bits per heavy atom. The molecule has 0 aliphatic heterocycles. The van der Waals surface area contributed by atoms with Gasteiger partial charge in [0, 0.05) is 21.5 Å². The molecule has 1 N–H and O–H groups in total. The Labute approximate surface area is 91.8 Å². The van der Waals surface area contributed by atoms with Crippen molar-refractivity contribution < 1.29 is 0 Å². The van der Waals surface area contributed by atoms with Crippen molar-refractivity contribution in [1.82, 2.24) is 9.97 Å². The lowest BCUT2D eigenvalue weighted by molar-refractivity contribution is 1.02. The van der Waals surface area contributed by atoms with Crippen LogP contribution in [-0.2, 0) is 0 Å². The van der Waals surface area contributed by atoms with Crippen molar-refractivity contribution in [2.75, 3.05) is 0 Å². The summed E-state index contributed by atoms with van der Waals surface area (Å²) in [5.74, 6) is 0. The fourth-order valence-electron chi connectivity index (χ4n) is 1.39. The third-order valence-corrected chi connectivity index (χ3v) is 3.20. The van der Waals surface area contributed by atoms with Gasteiger partial charge in [-0.15, -0.1) is 11.3 Å². The summed E-state index contributed by atoms with van der Waals surface area (Å²) in [6.45, 7) is 5.77. The molecule has 78 valence electrons. The highest BCUT2D eigenvalue weighted by Crippen LogP contribution is 2.21. The lowest BCUT2D eigenvalue weighted by Gasteiger charge is -2.01. The molecule has 0 aliphatic rings. The van der Waals surface area contributed by atoms with Crippen LogP contribution in [0.25, 0.3) is 11.3 Å². The SMILES string of the molecule is Cc1cc(-c2nc(C)c(C)[nH]c2=O)cs1. The van der Waals surface area contributed by atoms with Gasteiger partial charge in [0.2, 0.25) is 0 Å². The number of thiophene rings is 1. The van der Waals surface area contributed by atoms with Crippen molar-refractivity contribution in [1.29, 1.82) is 0 Å². The maximum atomic E-state index is 11.7. The zero-order valence-corrected chi connectivity index (χ0v) is 9.73. The standard InChI is InChI=1S/C11H12N2OS/c1-6-4-9(5-15-6)10-11(14)13-8(3)7(2)12-10/h4-5H,1-3H3,(H,13,14). The molecule has 0 saturated carbocycles. The van der Waals surface area contributed by atoms with E-state index in [0.717, 1.165) is 17.0 Å². The highest BCUT2D eigenvalue weighted by Gasteiger charge is 2.08. The molecule has 2 rings (SSSR count). The summed E-state index contributed by atoms with van der Waals surface area (Å²) < 4.78 is 0. The van der Waals surface area contributed by atoms with Crippen LogP contribution in [-0.4, -0.2) is 9.97 Å². The molecule has 2 heterocycles. The number of aryl methyl sites for hydroxylation is 3. The molecule has 4 heteroatoms. The summed E-state index contributed by atoms with van der Waals surface area (Å²) in [7, 11) is 0. The van der Waals surface area contributed by atoms with Gasteiger partial charge in [0.25, 0.3) is 5.56 Å². The highest BCUT2D eigenvalue weighted by atomic mass is 32.1. The molecule has 2 aromatic rings. The van der Waals surface area contributed by atoms with Gasteiger partial charge >= 0.3 is 0 Å². The number of aromatic amines is 1. The highest BCUT2D eigenvalue weighted by molar-refractivity contribution is 7.10. The molecule has 0 fully saturated rings. The van der Waals surface area contributed by atoms with Gasteiger partial charge in [-0.1, -0.05) is 0 Å². The Balaban J connectivity index is 2.63. The molecule has 0 aliphatic carbocycles. The normalized spacial score (nSPS) is 10.6. The van der Waals surface area contributed by atoms with Crippen LogP contribution in [0.15, 0.2) is 16.2 Å². The predicted octanol–water partition coefficient (Wildman–Crippen LogP) is 2.42. The Morgan fingerprint density at radius 1 is 1.33 bits per heavy atom. The number of rotatable bonds is 1. The predicted molar refractivity (Wildman–Crippen MR) is 62.4 cm³/mol. The summed E-state index contributed by atoms with van der Waals surface area (Å²) >= 11 is 1.63. The summed E-state index contributed by atoms with van der Waals surface area (Å²) in [5.41, 5.74) is 3.00. The van der Waals surface area contributed by atoms with Gasteiger partial charge in [-0.05, 0) is 26.8 Å². The summed E-state index contributed by atoms with van der Waals surface area (Å²) in [6.07, 6.45) is 0. The first kappa shape index (κ1) is 10.1. The van der Waals surface area contributed by atoms with Gasteiger partial charge in [0.05, 0.1) is 5.69 Å². The molecule has 15 heavy (non-hydrogen) atoms. The van der Waals surface area contributed by atoms with Crippen LogP contribution in [0.4, 0.5) is 0 Å². The molecule has 0 radical (unpaired) electrons. The quantitative estimate of drug-likeness (QED) is 0.802. The average molecular weight is 220 g/mol. The van der Waals surface area contributed by atoms with Crippen molar-refractivity contribution >= 4 is 11.3 Å². The molecule has 0 saturated heterocycles. The smallest absolute Gasteiger partial charge is 0.274 e. The molecule has 0 atom stereocenters. The van der Waals surface area contributed by atoms with Crippen LogP contribution < -0.4 is 5.56 Å². The molecule has 0 amide bonds. The minimum absolute atomic E-state index is 0.115. The van der Waals surface area contributed by atoms with Gasteiger partial charge in [-0.25, -0.2) is 4.98 Å². The van der Waals surface area contributed by atoms with E-state index in [2.05, 4.69) is 9.97 Å². The fraction of sp³-hybridized carbons (Fsp3) is 0.273. The second kappa shape index (κ2) is 3.62. The molecule has 0 spiro atoms. The lowest BCUT2D eigenvalue weighted by atomic mass is 10.2. The molecular formula is C11H12N2OS. The van der Waals surface area contributed by atoms with E-state index in [0.29, 0.717) is 5.69 Å². The zero-order valence-electron chi connectivity index (χ0n) is 8.92. The largest absolute Gasteiger partial charge is 0.323 e. The summed E-state index contributed by atoms with van der Waals surface area (Å²) in [6, 6.07) is 1.98. The molecule has 0 unspecified atom stereocenters. The van der Waals surface area contributed by atoms with Crippen LogP contribution in [0, 0.1) is 20.8 Å². The van der Waals surface area contributed by atoms with E-state index in [1.165, 1.54) is 4.88 Å². The Hall–Kier alpha value is -1.42. The molecular weight excluding hydrogens is 208 g/mol. The summed E-state index contributed by atoms with van der Waals surface area (Å²) in [5, 5.41) is 1.96. The minimum Gasteiger partial charge on any atom is -0.323 e. The van der Waals surface area contributed by atoms with Crippen LogP contribution in [0.1, 0.15) is 16.3 Å². The van der Waals surface area contributed by atoms with Crippen LogP contribution in [0.2, 0.25) is 0 Å². The van der Waals surface area contributed by atoms with E-state index in [-0.39, 0.29) is 5.56 Å². The van der Waals surface area contributed by atoms with E-state index < -0.39 is 0 Å². The Morgan fingerprint density at radius 3 is 2.67 bits per heavy atom. The number of H-pyrrole nitrogens is 1. The van der Waals surface area contributed by atoms with Crippen molar-refractivity contribution in [2.24, 2.45) is 0 Å². The molecule has 2 aromatic heterocycles. The molecule has 3 nitrogen and oxygen atoms in total. The van der Waals surface area contributed by atoms with Gasteiger partial charge < -0.3 is 4.98 Å². The second-order valence-corrected chi connectivity index (χ2v) is 4.69. The Bertz CT molecular complexity index is 554. The van der Waals surface area contributed by atoms with E-state index in [4.69, 9.17) is 0 Å².